The quantitative estimate of drug-likeness (QED) is 0.621. The van der Waals surface area contributed by atoms with E-state index in [0.717, 1.165) is 38.9 Å². The summed E-state index contributed by atoms with van der Waals surface area (Å²) in [4.78, 5) is 13.9. The number of nitrogens with zero attached hydrogens (tertiary/aromatic N) is 1. The van der Waals surface area contributed by atoms with E-state index < -0.39 is 0 Å². The van der Waals surface area contributed by atoms with E-state index in [2.05, 4.69) is 34.5 Å². The number of ether oxygens (including phenoxy) is 1. The standard InChI is InChI=1S/C19H28N2O2/c1-21(2)18-8-5-16(6-9-18)4-3-13-20-19(22)10-7-17-11-14-23-15-12-17/h5-10,17H,3-4,11-15H2,1-2H3,(H,20,22)/b10-7+. The Bertz CT molecular complexity index is 503. The molecule has 2 rings (SSSR count). The van der Waals surface area contributed by atoms with Gasteiger partial charge < -0.3 is 15.0 Å². The first-order valence-corrected chi connectivity index (χ1v) is 8.45. The van der Waals surface area contributed by atoms with Gasteiger partial charge in [0.2, 0.25) is 5.91 Å². The number of rotatable bonds is 7. The summed E-state index contributed by atoms with van der Waals surface area (Å²) >= 11 is 0. The molecule has 23 heavy (non-hydrogen) atoms. The molecule has 0 aliphatic carbocycles. The second-order valence-electron chi connectivity index (χ2n) is 6.26. The number of amides is 1. The fraction of sp³-hybridized carbons (Fsp3) is 0.526. The molecule has 0 spiro atoms. The fourth-order valence-corrected chi connectivity index (χ4v) is 2.66. The van der Waals surface area contributed by atoms with Crippen molar-refractivity contribution in [2.24, 2.45) is 5.92 Å². The number of benzene rings is 1. The first kappa shape index (κ1) is 17.5. The molecule has 0 radical (unpaired) electrons. The second-order valence-corrected chi connectivity index (χ2v) is 6.26. The third-order valence-corrected chi connectivity index (χ3v) is 4.18. The lowest BCUT2D eigenvalue weighted by molar-refractivity contribution is -0.116. The molecule has 0 bridgehead atoms. The van der Waals surface area contributed by atoms with Crippen LogP contribution in [0.3, 0.4) is 0 Å². The number of anilines is 1. The molecule has 0 aromatic heterocycles. The van der Waals surface area contributed by atoms with Crippen LogP contribution in [-0.4, -0.2) is 39.8 Å². The maximum atomic E-state index is 11.8. The van der Waals surface area contributed by atoms with Crippen molar-refractivity contribution in [3.8, 4) is 0 Å². The van der Waals surface area contributed by atoms with E-state index in [9.17, 15) is 4.79 Å². The molecule has 1 aliphatic heterocycles. The van der Waals surface area contributed by atoms with Crippen molar-refractivity contribution in [3.05, 3.63) is 42.0 Å². The third-order valence-electron chi connectivity index (χ3n) is 4.18. The maximum absolute atomic E-state index is 11.8. The summed E-state index contributed by atoms with van der Waals surface area (Å²) in [5, 5.41) is 2.96. The Morgan fingerprint density at radius 3 is 2.61 bits per heavy atom. The van der Waals surface area contributed by atoms with Gasteiger partial charge in [-0.25, -0.2) is 0 Å². The fourth-order valence-electron chi connectivity index (χ4n) is 2.66. The predicted octanol–water partition coefficient (Wildman–Crippen LogP) is 2.78. The number of allylic oxidation sites excluding steroid dienone is 1. The normalized spacial score (nSPS) is 15.7. The van der Waals surface area contributed by atoms with E-state index in [-0.39, 0.29) is 5.91 Å². The van der Waals surface area contributed by atoms with Crippen LogP contribution in [-0.2, 0) is 16.0 Å². The number of aryl methyl sites for hydroxylation is 1. The molecule has 1 heterocycles. The Hall–Kier alpha value is -1.81. The molecule has 4 heteroatoms. The molecule has 0 unspecified atom stereocenters. The van der Waals surface area contributed by atoms with E-state index in [0.29, 0.717) is 12.5 Å². The van der Waals surface area contributed by atoms with Gasteiger partial charge in [0.05, 0.1) is 0 Å². The van der Waals surface area contributed by atoms with Gasteiger partial charge in [0.15, 0.2) is 0 Å². The molecule has 1 aromatic carbocycles. The summed E-state index contributed by atoms with van der Waals surface area (Å²) in [5.41, 5.74) is 2.52. The highest BCUT2D eigenvalue weighted by atomic mass is 16.5. The minimum atomic E-state index is 0.0134. The maximum Gasteiger partial charge on any atom is 0.243 e. The van der Waals surface area contributed by atoms with Crippen LogP contribution in [0.2, 0.25) is 0 Å². The molecule has 0 atom stereocenters. The summed E-state index contributed by atoms with van der Waals surface area (Å²) in [6, 6.07) is 8.57. The zero-order valence-corrected chi connectivity index (χ0v) is 14.3. The molecular weight excluding hydrogens is 288 g/mol. The number of nitrogens with one attached hydrogen (secondary N) is 1. The van der Waals surface area contributed by atoms with Crippen LogP contribution >= 0.6 is 0 Å². The van der Waals surface area contributed by atoms with E-state index in [4.69, 9.17) is 4.74 Å². The van der Waals surface area contributed by atoms with Gasteiger partial charge in [-0.1, -0.05) is 18.2 Å². The van der Waals surface area contributed by atoms with Crippen LogP contribution in [0.25, 0.3) is 0 Å². The average molecular weight is 316 g/mol. The zero-order chi connectivity index (χ0) is 16.5. The predicted molar refractivity (Wildman–Crippen MR) is 94.8 cm³/mol. The molecule has 1 N–H and O–H groups in total. The number of carbonyl (C=O) groups excluding carboxylic acids is 1. The van der Waals surface area contributed by atoms with E-state index in [1.807, 2.05) is 20.2 Å². The van der Waals surface area contributed by atoms with Gasteiger partial charge in [0, 0.05) is 39.5 Å². The zero-order valence-electron chi connectivity index (χ0n) is 14.3. The summed E-state index contributed by atoms with van der Waals surface area (Å²) in [6.07, 6.45) is 7.69. The van der Waals surface area contributed by atoms with Gasteiger partial charge in [-0.05, 0) is 55.4 Å². The lowest BCUT2D eigenvalue weighted by atomic mass is 10.00. The number of carbonyl (C=O) groups is 1. The SMILES string of the molecule is CN(C)c1ccc(CCCNC(=O)/C=C/C2CCOCC2)cc1. The molecule has 4 nitrogen and oxygen atoms in total. The van der Waals surface area contributed by atoms with Crippen LogP contribution in [0.4, 0.5) is 5.69 Å². The molecular formula is C19H28N2O2. The van der Waals surface area contributed by atoms with Crippen molar-refractivity contribution in [1.82, 2.24) is 5.32 Å². The van der Waals surface area contributed by atoms with Crippen molar-refractivity contribution in [3.63, 3.8) is 0 Å². The first-order chi connectivity index (χ1) is 11.1. The van der Waals surface area contributed by atoms with Crippen molar-refractivity contribution < 1.29 is 9.53 Å². The van der Waals surface area contributed by atoms with Crippen LogP contribution in [0.15, 0.2) is 36.4 Å². The van der Waals surface area contributed by atoms with Crippen LogP contribution < -0.4 is 10.2 Å². The van der Waals surface area contributed by atoms with Crippen molar-refractivity contribution >= 4 is 11.6 Å². The molecule has 126 valence electrons. The third kappa shape index (κ3) is 6.45. The largest absolute Gasteiger partial charge is 0.381 e. The number of hydrogen-bond acceptors (Lipinski definition) is 3. The highest BCUT2D eigenvalue weighted by Gasteiger charge is 2.10. The average Bonchev–Trinajstić information content (AvgIpc) is 2.58. The van der Waals surface area contributed by atoms with Gasteiger partial charge in [0.1, 0.15) is 0 Å². The Morgan fingerprint density at radius 2 is 1.96 bits per heavy atom. The van der Waals surface area contributed by atoms with Crippen LogP contribution in [0.5, 0.6) is 0 Å². The van der Waals surface area contributed by atoms with E-state index in [1.165, 1.54) is 11.3 Å². The van der Waals surface area contributed by atoms with E-state index >= 15 is 0 Å². The Balaban J connectivity index is 1.62. The molecule has 1 aliphatic rings. The monoisotopic (exact) mass is 316 g/mol. The van der Waals surface area contributed by atoms with E-state index in [1.54, 1.807) is 6.08 Å². The lowest BCUT2D eigenvalue weighted by Gasteiger charge is -2.18. The number of hydrogen-bond donors (Lipinski definition) is 1. The lowest BCUT2D eigenvalue weighted by Crippen LogP contribution is -2.23. The van der Waals surface area contributed by atoms with Gasteiger partial charge in [-0.3, -0.25) is 4.79 Å². The topological polar surface area (TPSA) is 41.6 Å². The van der Waals surface area contributed by atoms with Crippen LogP contribution in [0.1, 0.15) is 24.8 Å². The Labute approximate surface area is 139 Å². The molecule has 0 saturated carbocycles. The molecule has 1 amide bonds. The Morgan fingerprint density at radius 1 is 1.26 bits per heavy atom. The summed E-state index contributed by atoms with van der Waals surface area (Å²) < 4.78 is 5.31. The smallest absolute Gasteiger partial charge is 0.243 e. The minimum Gasteiger partial charge on any atom is -0.381 e. The summed E-state index contributed by atoms with van der Waals surface area (Å²) in [7, 11) is 4.08. The first-order valence-electron chi connectivity index (χ1n) is 8.45. The molecule has 1 saturated heterocycles. The van der Waals surface area contributed by atoms with Crippen molar-refractivity contribution in [2.45, 2.75) is 25.7 Å². The van der Waals surface area contributed by atoms with Gasteiger partial charge in [0.25, 0.3) is 0 Å². The summed E-state index contributed by atoms with van der Waals surface area (Å²) in [5.74, 6) is 0.504. The summed E-state index contributed by atoms with van der Waals surface area (Å²) in [6.45, 7) is 2.33. The van der Waals surface area contributed by atoms with Crippen LogP contribution in [0, 0.1) is 5.92 Å². The van der Waals surface area contributed by atoms with Gasteiger partial charge in [-0.2, -0.15) is 0 Å². The van der Waals surface area contributed by atoms with Crippen molar-refractivity contribution in [1.29, 1.82) is 0 Å². The van der Waals surface area contributed by atoms with Gasteiger partial charge in [-0.15, -0.1) is 0 Å². The highest BCUT2D eigenvalue weighted by molar-refractivity contribution is 5.87. The highest BCUT2D eigenvalue weighted by Crippen LogP contribution is 2.15. The molecule has 1 fully saturated rings. The Kier molecular flexibility index (Phi) is 7.14. The van der Waals surface area contributed by atoms with Gasteiger partial charge >= 0.3 is 0 Å². The second kappa shape index (κ2) is 9.36. The molecule has 1 aromatic rings. The van der Waals surface area contributed by atoms with Crippen molar-refractivity contribution in [2.75, 3.05) is 38.8 Å². The minimum absolute atomic E-state index is 0.0134.